The average Bonchev–Trinajstić information content (AvgIpc) is 2.74. The molecule has 5 nitrogen and oxygen atoms in total. The minimum Gasteiger partial charge on any atom is -0.497 e. The Kier molecular flexibility index (Phi) is 6.66. The highest BCUT2D eigenvalue weighted by atomic mass is 35.5. The van der Waals surface area contributed by atoms with E-state index in [1.54, 1.807) is 67.8 Å². The summed E-state index contributed by atoms with van der Waals surface area (Å²) in [5.74, 6) is -0.182. The molecule has 146 valence electrons. The molecule has 0 aliphatic carbocycles. The second-order valence-corrected chi connectivity index (χ2v) is 6.55. The molecule has 3 rings (SSSR count). The molecule has 0 unspecified atom stereocenters. The molecular formula is C23H19ClN2O3. The average molecular weight is 407 g/mol. The molecule has 3 aromatic rings. The molecule has 6 heteroatoms. The standard InChI is InChI=1S/C23H19ClN2O3/c1-29-20-12-10-16(11-13-20)14-21(23(28)25-19-8-3-2-4-9-19)26-22(27)17-6-5-7-18(24)15-17/h2-15H,1H3,(H,25,28)(H,26,27)/b21-14-. The third kappa shape index (κ3) is 5.70. The monoisotopic (exact) mass is 406 g/mol. The number of halogens is 1. The lowest BCUT2D eigenvalue weighted by molar-refractivity contribution is -0.113. The molecule has 0 atom stereocenters. The first-order chi connectivity index (χ1) is 14.0. The van der Waals surface area contributed by atoms with Gasteiger partial charge in [0.25, 0.3) is 11.8 Å². The van der Waals surface area contributed by atoms with E-state index < -0.39 is 11.8 Å². The summed E-state index contributed by atoms with van der Waals surface area (Å²) in [7, 11) is 1.58. The minimum atomic E-state index is -0.442. The number of nitrogens with one attached hydrogen (secondary N) is 2. The van der Waals surface area contributed by atoms with Gasteiger partial charge in [-0.25, -0.2) is 0 Å². The van der Waals surface area contributed by atoms with E-state index in [4.69, 9.17) is 16.3 Å². The van der Waals surface area contributed by atoms with E-state index in [0.717, 1.165) is 5.56 Å². The number of hydrogen-bond donors (Lipinski definition) is 2. The summed E-state index contributed by atoms with van der Waals surface area (Å²) >= 11 is 5.97. The van der Waals surface area contributed by atoms with Crippen LogP contribution in [0, 0.1) is 0 Å². The molecule has 0 saturated carbocycles. The van der Waals surface area contributed by atoms with Gasteiger partial charge in [0.05, 0.1) is 7.11 Å². The van der Waals surface area contributed by atoms with Gasteiger partial charge in [0, 0.05) is 16.3 Å². The van der Waals surface area contributed by atoms with Crippen molar-refractivity contribution in [2.75, 3.05) is 12.4 Å². The maximum absolute atomic E-state index is 12.8. The van der Waals surface area contributed by atoms with E-state index in [9.17, 15) is 9.59 Å². The van der Waals surface area contributed by atoms with Gasteiger partial charge in [0.15, 0.2) is 0 Å². The SMILES string of the molecule is COc1ccc(/C=C(\NC(=O)c2cccc(Cl)c2)C(=O)Nc2ccccc2)cc1. The number of para-hydroxylation sites is 1. The highest BCUT2D eigenvalue weighted by Gasteiger charge is 2.15. The van der Waals surface area contributed by atoms with Gasteiger partial charge in [0.2, 0.25) is 0 Å². The van der Waals surface area contributed by atoms with Gasteiger partial charge in [-0.2, -0.15) is 0 Å². The number of anilines is 1. The van der Waals surface area contributed by atoms with Crippen LogP contribution in [-0.2, 0) is 4.79 Å². The van der Waals surface area contributed by atoms with Crippen LogP contribution in [-0.4, -0.2) is 18.9 Å². The zero-order chi connectivity index (χ0) is 20.6. The Bertz CT molecular complexity index is 1030. The Morgan fingerprint density at radius 1 is 0.931 bits per heavy atom. The summed E-state index contributed by atoms with van der Waals surface area (Å²) in [5.41, 5.74) is 1.81. The fraction of sp³-hybridized carbons (Fsp3) is 0.0435. The minimum absolute atomic E-state index is 0.101. The first-order valence-electron chi connectivity index (χ1n) is 8.84. The third-order valence-corrected chi connectivity index (χ3v) is 4.27. The van der Waals surface area contributed by atoms with Gasteiger partial charge in [-0.05, 0) is 54.1 Å². The first kappa shape index (κ1) is 20.2. The molecule has 0 radical (unpaired) electrons. The third-order valence-electron chi connectivity index (χ3n) is 4.04. The van der Waals surface area contributed by atoms with E-state index in [-0.39, 0.29) is 5.70 Å². The molecule has 3 aromatic carbocycles. The van der Waals surface area contributed by atoms with Crippen molar-refractivity contribution in [3.05, 3.63) is 101 Å². The van der Waals surface area contributed by atoms with Gasteiger partial charge in [-0.15, -0.1) is 0 Å². The van der Waals surface area contributed by atoms with Crippen molar-refractivity contribution in [1.29, 1.82) is 0 Å². The normalized spacial score (nSPS) is 10.9. The van der Waals surface area contributed by atoms with Gasteiger partial charge in [-0.1, -0.05) is 48.0 Å². The van der Waals surface area contributed by atoms with Crippen LogP contribution in [0.2, 0.25) is 5.02 Å². The maximum atomic E-state index is 12.8. The van der Waals surface area contributed by atoms with E-state index in [1.807, 2.05) is 18.2 Å². The summed E-state index contributed by atoms with van der Waals surface area (Å²) in [6.45, 7) is 0. The Hall–Kier alpha value is -3.57. The zero-order valence-corrected chi connectivity index (χ0v) is 16.4. The van der Waals surface area contributed by atoms with Crippen LogP contribution in [0.1, 0.15) is 15.9 Å². The van der Waals surface area contributed by atoms with Crippen LogP contribution in [0.15, 0.2) is 84.6 Å². The van der Waals surface area contributed by atoms with Crippen LogP contribution in [0.3, 0.4) is 0 Å². The second kappa shape index (κ2) is 9.57. The van der Waals surface area contributed by atoms with E-state index >= 15 is 0 Å². The number of methoxy groups -OCH3 is 1. The molecule has 0 fully saturated rings. The van der Waals surface area contributed by atoms with Crippen LogP contribution in [0.25, 0.3) is 6.08 Å². The lowest BCUT2D eigenvalue weighted by Gasteiger charge is -2.12. The van der Waals surface area contributed by atoms with Crippen molar-refractivity contribution in [2.24, 2.45) is 0 Å². The molecule has 0 aliphatic rings. The summed E-state index contributed by atoms with van der Waals surface area (Å²) in [4.78, 5) is 25.5. The van der Waals surface area contributed by atoms with Crippen molar-refractivity contribution in [3.8, 4) is 5.75 Å². The van der Waals surface area contributed by atoms with Crippen molar-refractivity contribution in [2.45, 2.75) is 0 Å². The van der Waals surface area contributed by atoms with Crippen molar-refractivity contribution in [1.82, 2.24) is 5.32 Å². The van der Waals surface area contributed by atoms with Crippen LogP contribution < -0.4 is 15.4 Å². The zero-order valence-electron chi connectivity index (χ0n) is 15.7. The van der Waals surface area contributed by atoms with Gasteiger partial charge < -0.3 is 15.4 Å². The van der Waals surface area contributed by atoms with E-state index in [1.165, 1.54) is 6.07 Å². The summed E-state index contributed by atoms with van der Waals surface area (Å²) < 4.78 is 5.15. The molecule has 2 N–H and O–H groups in total. The Labute approximate surface area is 174 Å². The van der Waals surface area contributed by atoms with Gasteiger partial charge in [-0.3, -0.25) is 9.59 Å². The molecule has 0 bridgehead atoms. The smallest absolute Gasteiger partial charge is 0.272 e. The molecule has 29 heavy (non-hydrogen) atoms. The predicted octanol–water partition coefficient (Wildman–Crippen LogP) is 4.76. The largest absolute Gasteiger partial charge is 0.497 e. The topological polar surface area (TPSA) is 67.4 Å². The number of hydrogen-bond acceptors (Lipinski definition) is 3. The number of benzene rings is 3. The number of amides is 2. The Morgan fingerprint density at radius 2 is 1.66 bits per heavy atom. The maximum Gasteiger partial charge on any atom is 0.272 e. The van der Waals surface area contributed by atoms with Gasteiger partial charge >= 0.3 is 0 Å². The highest BCUT2D eigenvalue weighted by molar-refractivity contribution is 6.31. The predicted molar refractivity (Wildman–Crippen MR) is 115 cm³/mol. The summed E-state index contributed by atoms with van der Waals surface area (Å²) in [6.07, 6.45) is 1.60. The fourth-order valence-corrected chi connectivity index (χ4v) is 2.76. The summed E-state index contributed by atoms with van der Waals surface area (Å²) in [5, 5.41) is 5.90. The Balaban J connectivity index is 1.88. The van der Waals surface area contributed by atoms with Crippen molar-refractivity contribution >= 4 is 35.2 Å². The molecular weight excluding hydrogens is 388 g/mol. The molecule has 0 aromatic heterocycles. The van der Waals surface area contributed by atoms with Gasteiger partial charge in [0.1, 0.15) is 11.4 Å². The molecule has 0 saturated heterocycles. The van der Waals surface area contributed by atoms with E-state index in [2.05, 4.69) is 10.6 Å². The molecule has 2 amide bonds. The first-order valence-corrected chi connectivity index (χ1v) is 9.22. The lowest BCUT2D eigenvalue weighted by Crippen LogP contribution is -2.30. The number of carbonyl (C=O) groups excluding carboxylic acids is 2. The number of rotatable bonds is 6. The Morgan fingerprint density at radius 3 is 2.31 bits per heavy atom. The fourth-order valence-electron chi connectivity index (χ4n) is 2.57. The highest BCUT2D eigenvalue weighted by Crippen LogP contribution is 2.16. The molecule has 0 spiro atoms. The molecule has 0 heterocycles. The second-order valence-electron chi connectivity index (χ2n) is 6.12. The van der Waals surface area contributed by atoms with Crippen LogP contribution >= 0.6 is 11.6 Å². The number of ether oxygens (including phenoxy) is 1. The quantitative estimate of drug-likeness (QED) is 0.580. The lowest BCUT2D eigenvalue weighted by atomic mass is 10.1. The number of carbonyl (C=O) groups is 2. The van der Waals surface area contributed by atoms with E-state index in [0.29, 0.717) is 22.0 Å². The van der Waals surface area contributed by atoms with Crippen molar-refractivity contribution < 1.29 is 14.3 Å². The summed E-state index contributed by atoms with van der Waals surface area (Å²) in [6, 6.07) is 22.7. The molecule has 0 aliphatic heterocycles. The van der Waals surface area contributed by atoms with Crippen LogP contribution in [0.4, 0.5) is 5.69 Å². The van der Waals surface area contributed by atoms with Crippen molar-refractivity contribution in [3.63, 3.8) is 0 Å². The van der Waals surface area contributed by atoms with Crippen LogP contribution in [0.5, 0.6) is 5.75 Å².